The smallest absolute Gasteiger partial charge is 0.328 e. The zero-order chi connectivity index (χ0) is 90.3. The van der Waals surface area contributed by atoms with Crippen LogP contribution >= 0.6 is 0 Å². The first-order chi connectivity index (χ1) is 57.9. The first kappa shape index (κ1) is 97.9. The summed E-state index contributed by atoms with van der Waals surface area (Å²) in [5.74, 6) is -0.870. The van der Waals surface area contributed by atoms with Crippen LogP contribution < -0.4 is 4.74 Å². The van der Waals surface area contributed by atoms with E-state index in [2.05, 4.69) is 225 Å². The molecule has 0 bridgehead atoms. The van der Waals surface area contributed by atoms with Gasteiger partial charge in [-0.05, 0) is 272 Å². The molecule has 0 aromatic heterocycles. The number of esters is 4. The molecule has 4 aliphatic rings. The highest BCUT2D eigenvalue weighted by Gasteiger charge is 2.50. The van der Waals surface area contributed by atoms with Crippen molar-refractivity contribution in [1.82, 2.24) is 17.2 Å². The van der Waals surface area contributed by atoms with Crippen molar-refractivity contribution in [3.63, 3.8) is 0 Å². The number of aryl methyl sites for hydroxylation is 7. The molecule has 12 rings (SSSR count). The molecule has 0 amide bonds. The second-order valence-electron chi connectivity index (χ2n) is 34.8. The predicted octanol–water partition coefficient (Wildman–Crippen LogP) is 18.1. The average Bonchev–Trinajstić information content (AvgIpc) is 0.774. The Morgan fingerprint density at radius 3 is 0.862 bits per heavy atom. The minimum Gasteiger partial charge on any atom is -0.493 e. The van der Waals surface area contributed by atoms with Gasteiger partial charge >= 0.3 is 23.9 Å². The fourth-order valence-corrected chi connectivity index (χ4v) is 22.9. The maximum atomic E-state index is 13.0. The fourth-order valence-electron chi connectivity index (χ4n) is 16.7. The Bertz CT molecular complexity index is 5350. The summed E-state index contributed by atoms with van der Waals surface area (Å²) in [6.07, 6.45) is 6.97. The molecule has 8 aromatic carbocycles. The molecule has 0 aliphatic carbocycles. The van der Waals surface area contributed by atoms with E-state index in [0.717, 1.165) is 56.3 Å². The van der Waals surface area contributed by atoms with Crippen molar-refractivity contribution >= 4 is 64.0 Å². The molecule has 8 aromatic rings. The molecule has 1 atom stereocenters. The highest BCUT2D eigenvalue weighted by atomic mass is 32.2. The van der Waals surface area contributed by atoms with Gasteiger partial charge in [0.1, 0.15) is 5.75 Å². The number of sulfonamides is 4. The number of benzene rings is 8. The topological polar surface area (TPSA) is 264 Å². The Kier molecular flexibility index (Phi) is 33.4. The van der Waals surface area contributed by atoms with Crippen molar-refractivity contribution in [1.29, 1.82) is 0 Å². The maximum Gasteiger partial charge on any atom is 0.328 e. The summed E-state index contributed by atoms with van der Waals surface area (Å²) < 4.78 is 128. The SMILES string of the molecule is CCC(C)COc1cccc(-c2ccc(C3CCN(S(=O)(=O)C(C)(C)C(=O)OC)CC3)cc2C)c1.COC(=O)C(C)(C)S(=O)(=O)N1CCC(c2ccc(-c3cccc(C)c3)c(C)c2)CC1.COC(=O)C(C)(C)S(=O)(=O)N1CCC(c2ccc(-c3cccc(C)c3)c(C)c2)CC1.COC(=O)CS(=O)(=O)N1CCC(c2ccc(-c3cccc(C)c3)c(C)c2)CC1. The third kappa shape index (κ3) is 23.4. The van der Waals surface area contributed by atoms with E-state index in [9.17, 15) is 52.8 Å². The predicted molar refractivity (Wildman–Crippen MR) is 491 cm³/mol. The van der Waals surface area contributed by atoms with Crippen LogP contribution in [-0.4, -0.2) is 182 Å². The number of methoxy groups -OCH3 is 4. The summed E-state index contributed by atoms with van der Waals surface area (Å²) in [5.41, 5.74) is 23.1. The van der Waals surface area contributed by atoms with Gasteiger partial charge in [0.05, 0.1) is 35.0 Å². The standard InChI is InChI=1S/C28H39NO5S.2C24H31NO4S.C22H27NO4S/c1-7-20(2)19-34-25-10-8-9-24(18-25)26-12-11-23(17-21(26)3)22-13-15-29(16-14-22)35(31,32)28(4,5)27(30)33-6;2*1-17-7-6-8-21(15-17)22-10-9-20(16-18(22)2)19-11-13-25(14-12-19)30(27,28)24(3,4)23(26)29-5;1-16-5-4-6-20(13-16)21-8-7-19(14-17(21)2)18-9-11-23(12-10-18)28(25,26)15-22(24)27-3/h8-12,17-18,20,22H,7,13-16,19H2,1-6H3;2*6-10,15-16,19H,11-14H2,1-5H3;4-8,13-14,18H,9-12,15H2,1-3H3. The van der Waals surface area contributed by atoms with Gasteiger partial charge in [-0.1, -0.05) is 195 Å². The average molecular weight is 1760 g/mol. The number of carbonyl (C=O) groups is 4. The molecule has 25 heteroatoms. The van der Waals surface area contributed by atoms with Crippen LogP contribution in [0.15, 0.2) is 170 Å². The lowest BCUT2D eigenvalue weighted by Gasteiger charge is -2.35. The number of piperidine rings is 4. The molecule has 0 spiro atoms. The van der Waals surface area contributed by atoms with Gasteiger partial charge in [0.15, 0.2) is 20.0 Å². The highest BCUT2D eigenvalue weighted by molar-refractivity contribution is 7.92. The summed E-state index contributed by atoms with van der Waals surface area (Å²) in [4.78, 5) is 47.4. The second kappa shape index (κ2) is 41.9. The van der Waals surface area contributed by atoms with E-state index < -0.39 is 84.0 Å². The molecule has 123 heavy (non-hydrogen) atoms. The minimum absolute atomic E-state index is 0.278. The normalized spacial score (nSPS) is 16.4. The molecule has 0 radical (unpaired) electrons. The quantitative estimate of drug-likeness (QED) is 0.0402. The molecule has 4 fully saturated rings. The number of ether oxygens (including phenoxy) is 5. The molecule has 4 saturated heterocycles. The van der Waals surface area contributed by atoms with Gasteiger partial charge in [-0.25, -0.2) is 50.9 Å². The number of nitrogens with zero attached hydrogens (tertiary/aromatic N) is 4. The van der Waals surface area contributed by atoms with Crippen LogP contribution in [-0.2, 0) is 78.2 Å². The summed E-state index contributed by atoms with van der Waals surface area (Å²) in [6, 6.07) is 59.9. The monoisotopic (exact) mass is 1760 g/mol. The number of hydrogen-bond acceptors (Lipinski definition) is 17. The summed E-state index contributed by atoms with van der Waals surface area (Å²) in [6.45, 7) is 31.6. The van der Waals surface area contributed by atoms with Gasteiger partial charge in [0.25, 0.3) is 0 Å². The van der Waals surface area contributed by atoms with E-state index in [4.69, 9.17) is 18.9 Å². The van der Waals surface area contributed by atoms with E-state index in [1.54, 1.807) is 0 Å². The number of hydrogen-bond donors (Lipinski definition) is 0. The van der Waals surface area contributed by atoms with Gasteiger partial charge in [0, 0.05) is 52.4 Å². The second-order valence-corrected chi connectivity index (χ2v) is 44.2. The molecule has 0 N–H and O–H groups in total. The molecule has 0 saturated carbocycles. The highest BCUT2D eigenvalue weighted by Crippen LogP contribution is 2.41. The van der Waals surface area contributed by atoms with Crippen molar-refractivity contribution in [3.8, 4) is 50.3 Å². The number of rotatable bonds is 24. The van der Waals surface area contributed by atoms with E-state index >= 15 is 0 Å². The van der Waals surface area contributed by atoms with E-state index in [0.29, 0.717) is 95.5 Å². The van der Waals surface area contributed by atoms with Crippen molar-refractivity contribution in [2.24, 2.45) is 5.92 Å². The van der Waals surface area contributed by atoms with E-state index in [-0.39, 0.29) is 5.92 Å². The Morgan fingerprint density at radius 2 is 0.618 bits per heavy atom. The minimum atomic E-state index is -3.80. The van der Waals surface area contributed by atoms with Crippen molar-refractivity contribution in [2.75, 3.05) is 93.2 Å². The fraction of sp³-hybridized carbons (Fsp3) is 0.469. The lowest BCUT2D eigenvalue weighted by Crippen LogP contribution is -2.52. The lowest BCUT2D eigenvalue weighted by molar-refractivity contribution is -0.143. The molecule has 4 aliphatic heterocycles. The van der Waals surface area contributed by atoms with E-state index in [1.807, 2.05) is 12.1 Å². The summed E-state index contributed by atoms with van der Waals surface area (Å²) in [5, 5.41) is 0. The van der Waals surface area contributed by atoms with Gasteiger partial charge in [-0.2, -0.15) is 0 Å². The molecular formula is C98H128N4O17S4. The molecule has 21 nitrogen and oxygen atoms in total. The van der Waals surface area contributed by atoms with Crippen LogP contribution in [0.25, 0.3) is 44.5 Å². The van der Waals surface area contributed by atoms with Crippen molar-refractivity contribution < 1.29 is 76.5 Å². The zero-order valence-corrected chi connectivity index (χ0v) is 78.6. The van der Waals surface area contributed by atoms with Crippen molar-refractivity contribution in [2.45, 2.75) is 200 Å². The first-order valence-electron chi connectivity index (χ1n) is 42.6. The van der Waals surface area contributed by atoms with E-state index in [1.165, 1.54) is 187 Å². The van der Waals surface area contributed by atoms with Crippen LogP contribution in [0.5, 0.6) is 5.75 Å². The van der Waals surface area contributed by atoms with Crippen LogP contribution in [0.1, 0.15) is 198 Å². The van der Waals surface area contributed by atoms with Crippen LogP contribution in [0.2, 0.25) is 0 Å². The summed E-state index contributed by atoms with van der Waals surface area (Å²) >= 11 is 0. The molecule has 4 heterocycles. The third-order valence-electron chi connectivity index (χ3n) is 25.0. The van der Waals surface area contributed by atoms with Crippen molar-refractivity contribution in [3.05, 3.63) is 231 Å². The third-order valence-corrected chi connectivity index (χ3v) is 34.2. The van der Waals surface area contributed by atoms with Gasteiger partial charge < -0.3 is 23.7 Å². The molecule has 666 valence electrons. The Balaban J connectivity index is 0.000000187. The lowest BCUT2D eigenvalue weighted by atomic mass is 9.87. The van der Waals surface area contributed by atoms with Gasteiger partial charge in [0.2, 0.25) is 40.1 Å². The van der Waals surface area contributed by atoms with Crippen LogP contribution in [0.3, 0.4) is 0 Å². The summed E-state index contributed by atoms with van der Waals surface area (Å²) in [7, 11) is -10.1. The van der Waals surface area contributed by atoms with Crippen LogP contribution in [0, 0.1) is 54.4 Å². The van der Waals surface area contributed by atoms with Gasteiger partial charge in [-0.3, -0.25) is 19.2 Å². The largest absolute Gasteiger partial charge is 0.493 e. The Hall–Kier alpha value is -8.92. The van der Waals surface area contributed by atoms with Gasteiger partial charge in [-0.15, -0.1) is 0 Å². The zero-order valence-electron chi connectivity index (χ0n) is 75.3. The Morgan fingerprint density at radius 1 is 0.358 bits per heavy atom. The van der Waals surface area contributed by atoms with Crippen LogP contribution in [0.4, 0.5) is 0 Å². The maximum absolute atomic E-state index is 13.0. The number of carbonyl (C=O) groups excluding carboxylic acids is 4. The first-order valence-corrected chi connectivity index (χ1v) is 48.5. The Labute approximate surface area is 732 Å². The molecule has 1 unspecified atom stereocenters. The molecular weight excluding hydrogens is 1630 g/mol.